The molecule has 0 spiro atoms. The first kappa shape index (κ1) is 26.2. The minimum Gasteiger partial charge on any atom is -0.494 e. The van der Waals surface area contributed by atoms with E-state index in [4.69, 9.17) is 4.74 Å². The standard InChI is InChI=1S/C30H40N2O3Si/c1-8-17-35-24-13-14-28-27(18-24)23(19-32(28)36(20(2)3,21(4)5)22(6)7)15-16-31-29(33)25-11-9-10-12-26(25)30(31)34/h9-14,18-22H,8,15-17H2,1-7H3. The van der Waals surface area contributed by atoms with Crippen molar-refractivity contribution < 1.29 is 14.3 Å². The molecule has 3 aromatic rings. The molecule has 2 aromatic carbocycles. The minimum absolute atomic E-state index is 0.193. The maximum atomic E-state index is 13.0. The van der Waals surface area contributed by atoms with Gasteiger partial charge in [0.15, 0.2) is 8.24 Å². The molecular formula is C30H40N2O3Si. The molecule has 0 fully saturated rings. The van der Waals surface area contributed by atoms with Crippen LogP contribution >= 0.6 is 0 Å². The average Bonchev–Trinajstić information content (AvgIpc) is 3.31. The van der Waals surface area contributed by atoms with Crippen LogP contribution in [0.1, 0.15) is 81.2 Å². The molecule has 192 valence electrons. The Labute approximate surface area is 216 Å². The highest BCUT2D eigenvalue weighted by atomic mass is 28.3. The molecule has 36 heavy (non-hydrogen) atoms. The van der Waals surface area contributed by atoms with E-state index in [1.807, 2.05) is 12.1 Å². The number of benzene rings is 2. The van der Waals surface area contributed by atoms with E-state index >= 15 is 0 Å². The van der Waals surface area contributed by atoms with Crippen molar-refractivity contribution in [1.29, 1.82) is 0 Å². The number of aromatic nitrogens is 1. The quantitative estimate of drug-likeness (QED) is 0.215. The number of imide groups is 1. The smallest absolute Gasteiger partial charge is 0.261 e. The molecule has 0 atom stereocenters. The van der Waals surface area contributed by atoms with Crippen LogP contribution < -0.4 is 4.74 Å². The number of hydrogen-bond donors (Lipinski definition) is 0. The zero-order chi connectivity index (χ0) is 26.2. The number of rotatable bonds is 10. The van der Waals surface area contributed by atoms with Crippen LogP contribution in [-0.4, -0.2) is 42.3 Å². The molecule has 1 aliphatic rings. The average molecular weight is 505 g/mol. The predicted octanol–water partition coefficient (Wildman–Crippen LogP) is 7.29. The third-order valence-electron chi connectivity index (χ3n) is 8.01. The van der Waals surface area contributed by atoms with Gasteiger partial charge in [0.1, 0.15) is 5.75 Å². The fourth-order valence-electron chi connectivity index (χ4n) is 6.62. The Kier molecular flexibility index (Phi) is 7.46. The van der Waals surface area contributed by atoms with Crippen molar-refractivity contribution in [2.45, 2.75) is 77.9 Å². The molecule has 0 N–H and O–H groups in total. The first-order chi connectivity index (χ1) is 17.1. The SMILES string of the molecule is CCCOc1ccc2c(c1)c(CCN1C(=O)c3ccccc3C1=O)cn2[Si](C(C)C)(C(C)C)C(C)C. The van der Waals surface area contributed by atoms with E-state index in [1.54, 1.807) is 12.1 Å². The van der Waals surface area contributed by atoms with Gasteiger partial charge >= 0.3 is 0 Å². The van der Waals surface area contributed by atoms with Gasteiger partial charge < -0.3 is 8.97 Å². The molecule has 2 amide bonds. The summed E-state index contributed by atoms with van der Waals surface area (Å²) in [5.41, 5.74) is 5.06. The lowest BCUT2D eigenvalue weighted by atomic mass is 10.1. The molecule has 0 saturated heterocycles. The van der Waals surface area contributed by atoms with E-state index in [0.717, 1.165) is 12.2 Å². The molecule has 0 bridgehead atoms. The third kappa shape index (κ3) is 4.19. The second kappa shape index (κ2) is 10.2. The summed E-state index contributed by atoms with van der Waals surface area (Å²) >= 11 is 0. The van der Waals surface area contributed by atoms with Gasteiger partial charge in [-0.25, -0.2) is 0 Å². The zero-order valence-electron chi connectivity index (χ0n) is 22.8. The second-order valence-corrected chi connectivity index (χ2v) is 16.7. The summed E-state index contributed by atoms with van der Waals surface area (Å²) in [6.07, 6.45) is 3.90. The first-order valence-electron chi connectivity index (χ1n) is 13.4. The number of nitrogens with zero attached hydrogens (tertiary/aromatic N) is 2. The molecule has 1 aromatic heterocycles. The van der Waals surface area contributed by atoms with Gasteiger partial charge in [0.2, 0.25) is 0 Å². The van der Waals surface area contributed by atoms with Crippen molar-refractivity contribution in [2.75, 3.05) is 13.2 Å². The second-order valence-electron chi connectivity index (χ2n) is 11.0. The van der Waals surface area contributed by atoms with Crippen molar-refractivity contribution in [3.8, 4) is 5.75 Å². The number of fused-ring (bicyclic) bond motifs is 2. The van der Waals surface area contributed by atoms with E-state index in [-0.39, 0.29) is 11.8 Å². The Morgan fingerprint density at radius 3 is 1.97 bits per heavy atom. The van der Waals surface area contributed by atoms with Crippen LogP contribution in [0.15, 0.2) is 48.7 Å². The molecule has 0 unspecified atom stereocenters. The topological polar surface area (TPSA) is 51.5 Å². The Morgan fingerprint density at radius 1 is 0.861 bits per heavy atom. The lowest BCUT2D eigenvalue weighted by Crippen LogP contribution is -2.51. The maximum absolute atomic E-state index is 13.0. The van der Waals surface area contributed by atoms with Gasteiger partial charge in [-0.3, -0.25) is 14.5 Å². The molecule has 2 heterocycles. The summed E-state index contributed by atoms with van der Waals surface area (Å²) in [5, 5.41) is 1.17. The van der Waals surface area contributed by atoms with Crippen LogP contribution in [-0.2, 0) is 6.42 Å². The highest BCUT2D eigenvalue weighted by Gasteiger charge is 2.46. The Morgan fingerprint density at radius 2 is 1.44 bits per heavy atom. The van der Waals surface area contributed by atoms with Crippen LogP contribution in [0.3, 0.4) is 0 Å². The van der Waals surface area contributed by atoms with Crippen molar-refractivity contribution in [3.05, 3.63) is 65.4 Å². The Balaban J connectivity index is 1.78. The van der Waals surface area contributed by atoms with Gasteiger partial charge in [-0.05, 0) is 71.6 Å². The molecule has 0 radical (unpaired) electrons. The fraction of sp³-hybridized carbons (Fsp3) is 0.467. The van der Waals surface area contributed by atoms with Crippen LogP contribution in [0.5, 0.6) is 5.75 Å². The van der Waals surface area contributed by atoms with Gasteiger partial charge in [-0.1, -0.05) is 60.6 Å². The van der Waals surface area contributed by atoms with Crippen LogP contribution in [0.4, 0.5) is 0 Å². The van der Waals surface area contributed by atoms with Crippen molar-refractivity contribution >= 4 is 31.0 Å². The van der Waals surface area contributed by atoms with Crippen molar-refractivity contribution in [1.82, 2.24) is 9.13 Å². The van der Waals surface area contributed by atoms with Gasteiger partial charge in [-0.15, -0.1) is 0 Å². The molecule has 1 aliphatic heterocycles. The van der Waals surface area contributed by atoms with Crippen molar-refractivity contribution in [2.24, 2.45) is 0 Å². The summed E-state index contributed by atoms with van der Waals surface area (Å²) < 4.78 is 8.61. The lowest BCUT2D eigenvalue weighted by molar-refractivity contribution is 0.0656. The van der Waals surface area contributed by atoms with Gasteiger partial charge in [0.25, 0.3) is 11.8 Å². The molecule has 0 saturated carbocycles. The summed E-state index contributed by atoms with van der Waals surface area (Å²) in [6.45, 7) is 17.4. The number of ether oxygens (including phenoxy) is 1. The van der Waals surface area contributed by atoms with E-state index in [2.05, 4.69) is 77.1 Å². The molecular weight excluding hydrogens is 464 g/mol. The maximum Gasteiger partial charge on any atom is 0.261 e. The van der Waals surface area contributed by atoms with E-state index in [1.165, 1.54) is 21.4 Å². The largest absolute Gasteiger partial charge is 0.494 e. The molecule has 0 aliphatic carbocycles. The summed E-state index contributed by atoms with van der Waals surface area (Å²) in [7, 11) is -2.00. The van der Waals surface area contributed by atoms with Gasteiger partial charge in [-0.2, -0.15) is 0 Å². The number of amides is 2. The Hall–Kier alpha value is -2.86. The Bertz CT molecular complexity index is 1220. The summed E-state index contributed by atoms with van der Waals surface area (Å²) in [4.78, 5) is 27.4. The van der Waals surface area contributed by atoms with Crippen LogP contribution in [0.25, 0.3) is 10.9 Å². The van der Waals surface area contributed by atoms with E-state index < -0.39 is 8.24 Å². The molecule has 4 rings (SSSR count). The van der Waals surface area contributed by atoms with Crippen LogP contribution in [0.2, 0.25) is 16.6 Å². The normalized spacial score (nSPS) is 14.1. The zero-order valence-corrected chi connectivity index (χ0v) is 23.8. The predicted molar refractivity (Wildman–Crippen MR) is 150 cm³/mol. The van der Waals surface area contributed by atoms with Gasteiger partial charge in [0.05, 0.1) is 17.7 Å². The minimum atomic E-state index is -2.00. The highest BCUT2D eigenvalue weighted by Crippen LogP contribution is 2.45. The summed E-state index contributed by atoms with van der Waals surface area (Å²) in [6, 6.07) is 13.6. The van der Waals surface area contributed by atoms with Crippen LogP contribution in [0, 0.1) is 0 Å². The number of carbonyl (C=O) groups excluding carboxylic acids is 2. The lowest BCUT2D eigenvalue weighted by Gasteiger charge is -2.44. The number of carbonyl (C=O) groups is 2. The van der Waals surface area contributed by atoms with Crippen molar-refractivity contribution in [3.63, 3.8) is 0 Å². The molecule has 5 nitrogen and oxygen atoms in total. The van der Waals surface area contributed by atoms with Gasteiger partial charge in [0, 0.05) is 17.4 Å². The monoisotopic (exact) mass is 504 g/mol. The summed E-state index contributed by atoms with van der Waals surface area (Å²) in [5.74, 6) is 0.484. The first-order valence-corrected chi connectivity index (χ1v) is 15.5. The number of hydrogen-bond acceptors (Lipinski definition) is 3. The fourth-order valence-corrected chi connectivity index (χ4v) is 13.3. The third-order valence-corrected chi connectivity index (χ3v) is 14.8. The highest BCUT2D eigenvalue weighted by molar-refractivity contribution is 6.82. The van der Waals surface area contributed by atoms with E-state index in [9.17, 15) is 9.59 Å². The van der Waals surface area contributed by atoms with E-state index in [0.29, 0.717) is 47.3 Å². The molecule has 6 heteroatoms.